The second-order valence-corrected chi connectivity index (χ2v) is 3.82. The van der Waals surface area contributed by atoms with Crippen LogP contribution in [0, 0.1) is 0 Å². The number of anilines is 3. The number of ether oxygens (including phenoxy) is 1. The Hall–Kier alpha value is -2.44. The van der Waals surface area contributed by atoms with E-state index in [-0.39, 0.29) is 5.75 Å². The normalized spacial score (nSPS) is 10.4. The summed E-state index contributed by atoms with van der Waals surface area (Å²) >= 11 is 0. The molecule has 0 spiro atoms. The molecule has 0 aliphatic carbocycles. The van der Waals surface area contributed by atoms with Gasteiger partial charge in [-0.15, -0.1) is 0 Å². The number of benzene rings is 1. The van der Waals surface area contributed by atoms with Crippen molar-refractivity contribution in [3.63, 3.8) is 0 Å². The van der Waals surface area contributed by atoms with Crippen LogP contribution in [-0.4, -0.2) is 23.1 Å². The zero-order valence-electron chi connectivity index (χ0n) is 10.8. The van der Waals surface area contributed by atoms with Crippen LogP contribution in [0.2, 0.25) is 0 Å². The maximum atomic E-state index is 12.0. The van der Waals surface area contributed by atoms with Gasteiger partial charge in [-0.3, -0.25) is 0 Å². The van der Waals surface area contributed by atoms with Crippen LogP contribution in [0.3, 0.4) is 0 Å². The first kappa shape index (κ1) is 14.0. The highest BCUT2D eigenvalue weighted by molar-refractivity contribution is 5.57. The lowest BCUT2D eigenvalue weighted by atomic mass is 10.3. The molecule has 0 saturated heterocycles. The Morgan fingerprint density at radius 3 is 2.60 bits per heavy atom. The molecule has 2 rings (SSSR count). The van der Waals surface area contributed by atoms with E-state index in [1.165, 1.54) is 12.1 Å². The van der Waals surface area contributed by atoms with Crippen LogP contribution >= 0.6 is 0 Å². The second-order valence-electron chi connectivity index (χ2n) is 3.82. The molecule has 5 nitrogen and oxygen atoms in total. The van der Waals surface area contributed by atoms with E-state index in [1.54, 1.807) is 24.4 Å². The molecule has 20 heavy (non-hydrogen) atoms. The topological polar surface area (TPSA) is 59.1 Å². The van der Waals surface area contributed by atoms with E-state index in [9.17, 15) is 8.78 Å². The van der Waals surface area contributed by atoms with E-state index in [1.807, 2.05) is 6.92 Å². The Labute approximate surface area is 115 Å². The number of nitrogens with zero attached hydrogens (tertiary/aromatic N) is 2. The molecule has 1 aromatic carbocycles. The Morgan fingerprint density at radius 2 is 1.95 bits per heavy atom. The molecule has 0 saturated carbocycles. The number of hydrogen-bond donors (Lipinski definition) is 2. The van der Waals surface area contributed by atoms with Crippen molar-refractivity contribution in [3.05, 3.63) is 36.5 Å². The summed E-state index contributed by atoms with van der Waals surface area (Å²) in [5, 5.41) is 6.05. The lowest BCUT2D eigenvalue weighted by molar-refractivity contribution is -0.0498. The fraction of sp³-hybridized carbons (Fsp3) is 0.231. The average molecular weight is 280 g/mol. The molecule has 0 unspecified atom stereocenters. The van der Waals surface area contributed by atoms with E-state index in [2.05, 4.69) is 25.3 Å². The fourth-order valence-corrected chi connectivity index (χ4v) is 1.54. The van der Waals surface area contributed by atoms with Gasteiger partial charge in [0.25, 0.3) is 0 Å². The molecular formula is C13H14F2N4O. The maximum absolute atomic E-state index is 12.0. The standard InChI is InChI=1S/C13H14F2N4O/c1-2-16-13-17-8-7-11(19-13)18-9-3-5-10(6-4-9)20-12(14)15/h3-8,12H,2H2,1H3,(H2,16,17,18,19). The van der Waals surface area contributed by atoms with Gasteiger partial charge in [-0.2, -0.15) is 13.8 Å². The van der Waals surface area contributed by atoms with Gasteiger partial charge in [-0.1, -0.05) is 0 Å². The number of hydrogen-bond acceptors (Lipinski definition) is 5. The number of rotatable bonds is 6. The van der Waals surface area contributed by atoms with Crippen LogP contribution in [-0.2, 0) is 0 Å². The monoisotopic (exact) mass is 280 g/mol. The second kappa shape index (κ2) is 6.65. The van der Waals surface area contributed by atoms with Crippen molar-refractivity contribution in [1.29, 1.82) is 0 Å². The molecule has 0 radical (unpaired) electrons. The molecule has 0 bridgehead atoms. The number of halogens is 2. The first-order chi connectivity index (χ1) is 9.67. The minimum atomic E-state index is -2.82. The predicted molar refractivity (Wildman–Crippen MR) is 72.6 cm³/mol. The molecule has 2 aromatic rings. The van der Waals surface area contributed by atoms with Gasteiger partial charge in [0.15, 0.2) is 0 Å². The van der Waals surface area contributed by atoms with Crippen LogP contribution in [0.5, 0.6) is 5.75 Å². The van der Waals surface area contributed by atoms with E-state index >= 15 is 0 Å². The molecule has 0 atom stereocenters. The molecule has 0 fully saturated rings. The van der Waals surface area contributed by atoms with Crippen molar-refractivity contribution in [3.8, 4) is 5.75 Å². The third-order valence-electron chi connectivity index (χ3n) is 2.34. The molecule has 0 aliphatic heterocycles. The molecule has 1 aromatic heterocycles. The third kappa shape index (κ3) is 4.04. The van der Waals surface area contributed by atoms with Crippen LogP contribution < -0.4 is 15.4 Å². The van der Waals surface area contributed by atoms with E-state index in [0.29, 0.717) is 17.5 Å². The fourth-order valence-electron chi connectivity index (χ4n) is 1.54. The molecule has 1 heterocycles. The van der Waals surface area contributed by atoms with Crippen molar-refractivity contribution in [2.24, 2.45) is 0 Å². The van der Waals surface area contributed by atoms with Gasteiger partial charge in [-0.25, -0.2) is 4.98 Å². The highest BCUT2D eigenvalue weighted by Gasteiger charge is 2.04. The van der Waals surface area contributed by atoms with E-state index in [4.69, 9.17) is 0 Å². The molecule has 0 amide bonds. The summed E-state index contributed by atoms with van der Waals surface area (Å²) in [6, 6.07) is 7.89. The summed E-state index contributed by atoms with van der Waals surface area (Å²) in [6.45, 7) is -0.146. The minimum absolute atomic E-state index is 0.113. The SMILES string of the molecule is CCNc1nccc(Nc2ccc(OC(F)F)cc2)n1. The smallest absolute Gasteiger partial charge is 0.387 e. The molecule has 2 N–H and O–H groups in total. The Bertz CT molecular complexity index is 548. The Balaban J connectivity index is 2.04. The van der Waals surface area contributed by atoms with E-state index in [0.717, 1.165) is 6.54 Å². The quantitative estimate of drug-likeness (QED) is 0.850. The summed E-state index contributed by atoms with van der Waals surface area (Å²) < 4.78 is 28.3. The van der Waals surface area contributed by atoms with Gasteiger partial charge in [0, 0.05) is 18.4 Å². The molecule has 0 aliphatic rings. The van der Waals surface area contributed by atoms with Gasteiger partial charge in [0.2, 0.25) is 5.95 Å². The highest BCUT2D eigenvalue weighted by Crippen LogP contribution is 2.20. The molecule has 106 valence electrons. The predicted octanol–water partition coefficient (Wildman–Crippen LogP) is 3.25. The van der Waals surface area contributed by atoms with Gasteiger partial charge >= 0.3 is 6.61 Å². The first-order valence-corrected chi connectivity index (χ1v) is 6.06. The third-order valence-corrected chi connectivity index (χ3v) is 2.34. The summed E-state index contributed by atoms with van der Waals surface area (Å²) in [4.78, 5) is 8.30. The number of nitrogens with one attached hydrogen (secondary N) is 2. The van der Waals surface area contributed by atoms with Crippen LogP contribution in [0.25, 0.3) is 0 Å². The van der Waals surface area contributed by atoms with Crippen LogP contribution in [0.1, 0.15) is 6.92 Å². The lowest BCUT2D eigenvalue weighted by Gasteiger charge is -2.08. The summed E-state index contributed by atoms with van der Waals surface area (Å²) in [5.74, 6) is 1.25. The molecular weight excluding hydrogens is 266 g/mol. The summed E-state index contributed by atoms with van der Waals surface area (Å²) in [7, 11) is 0. The van der Waals surface area contributed by atoms with Gasteiger partial charge < -0.3 is 15.4 Å². The zero-order valence-corrected chi connectivity index (χ0v) is 10.8. The average Bonchev–Trinajstić information content (AvgIpc) is 2.41. The Morgan fingerprint density at radius 1 is 1.20 bits per heavy atom. The van der Waals surface area contributed by atoms with Crippen LogP contribution in [0.15, 0.2) is 36.5 Å². The van der Waals surface area contributed by atoms with Crippen molar-refractivity contribution < 1.29 is 13.5 Å². The summed E-state index contributed by atoms with van der Waals surface area (Å²) in [6.07, 6.45) is 1.63. The number of aromatic nitrogens is 2. The lowest BCUT2D eigenvalue weighted by Crippen LogP contribution is -2.04. The van der Waals surface area contributed by atoms with Crippen LogP contribution in [0.4, 0.5) is 26.2 Å². The highest BCUT2D eigenvalue weighted by atomic mass is 19.3. The van der Waals surface area contributed by atoms with Crippen molar-refractivity contribution >= 4 is 17.5 Å². The van der Waals surface area contributed by atoms with Gasteiger partial charge in [0.1, 0.15) is 11.6 Å². The maximum Gasteiger partial charge on any atom is 0.387 e. The van der Waals surface area contributed by atoms with Crippen molar-refractivity contribution in [2.45, 2.75) is 13.5 Å². The zero-order chi connectivity index (χ0) is 14.4. The first-order valence-electron chi connectivity index (χ1n) is 6.06. The Kier molecular flexibility index (Phi) is 4.65. The van der Waals surface area contributed by atoms with Crippen molar-refractivity contribution in [1.82, 2.24) is 9.97 Å². The summed E-state index contributed by atoms with van der Waals surface area (Å²) in [5.41, 5.74) is 0.716. The van der Waals surface area contributed by atoms with Gasteiger partial charge in [0.05, 0.1) is 0 Å². The minimum Gasteiger partial charge on any atom is -0.435 e. The van der Waals surface area contributed by atoms with E-state index < -0.39 is 6.61 Å². The van der Waals surface area contributed by atoms with Gasteiger partial charge in [-0.05, 0) is 37.3 Å². The number of alkyl halides is 2. The largest absolute Gasteiger partial charge is 0.435 e. The molecule has 7 heteroatoms. The van der Waals surface area contributed by atoms with Crippen molar-refractivity contribution in [2.75, 3.05) is 17.2 Å².